The molecule has 5 rings (SSSR count). The summed E-state index contributed by atoms with van der Waals surface area (Å²) in [6.45, 7) is 2.47. The van der Waals surface area contributed by atoms with E-state index in [0.29, 0.717) is 22.8 Å². The van der Waals surface area contributed by atoms with Crippen LogP contribution >= 0.6 is 11.6 Å². The zero-order valence-corrected chi connectivity index (χ0v) is 19.3. The Balaban J connectivity index is 1.46. The molecule has 0 spiro atoms. The lowest BCUT2D eigenvalue weighted by atomic mass is 10.1. The Morgan fingerprint density at radius 1 is 1.06 bits per heavy atom. The summed E-state index contributed by atoms with van der Waals surface area (Å²) in [4.78, 5) is 8.95. The average molecular weight is 474 g/mol. The number of methoxy groups -OCH3 is 1. The van der Waals surface area contributed by atoms with Gasteiger partial charge in [-0.3, -0.25) is 14.6 Å². The Hall–Kier alpha value is -3.97. The van der Waals surface area contributed by atoms with E-state index in [2.05, 4.69) is 15.3 Å². The van der Waals surface area contributed by atoms with Gasteiger partial charge in [0.1, 0.15) is 22.6 Å². The number of hydrogen-bond acceptors (Lipinski definition) is 5. The molecule has 5 aromatic rings. The first-order valence-corrected chi connectivity index (χ1v) is 11.0. The highest BCUT2D eigenvalue weighted by Crippen LogP contribution is 2.30. The van der Waals surface area contributed by atoms with Gasteiger partial charge in [-0.15, -0.1) is 0 Å². The second-order valence-electron chi connectivity index (χ2n) is 7.90. The van der Waals surface area contributed by atoms with Gasteiger partial charge in [-0.1, -0.05) is 23.7 Å². The number of anilines is 2. The second-order valence-corrected chi connectivity index (χ2v) is 8.34. The summed E-state index contributed by atoms with van der Waals surface area (Å²) in [5.41, 5.74) is 5.75. The monoisotopic (exact) mass is 473 g/mol. The van der Waals surface area contributed by atoms with Crippen LogP contribution in [0.2, 0.25) is 5.02 Å². The number of pyridine rings is 2. The summed E-state index contributed by atoms with van der Waals surface area (Å²) >= 11 is 6.08. The zero-order chi connectivity index (χ0) is 23.7. The van der Waals surface area contributed by atoms with Crippen molar-refractivity contribution in [3.05, 3.63) is 95.2 Å². The van der Waals surface area contributed by atoms with Crippen LogP contribution in [0.5, 0.6) is 5.75 Å². The molecule has 3 aromatic heterocycles. The van der Waals surface area contributed by atoms with Gasteiger partial charge >= 0.3 is 0 Å². The minimum absolute atomic E-state index is 0.350. The van der Waals surface area contributed by atoms with E-state index >= 15 is 0 Å². The SMILES string of the molecule is COc1ccc(Cn2cc3nccc(Nc4cc(C)nc(-c5cc(Cl)ccc5F)c4)c3n2)cc1. The van der Waals surface area contributed by atoms with Crippen LogP contribution < -0.4 is 10.1 Å². The van der Waals surface area contributed by atoms with Crippen molar-refractivity contribution < 1.29 is 9.13 Å². The number of halogens is 2. The minimum Gasteiger partial charge on any atom is -0.497 e. The smallest absolute Gasteiger partial charge is 0.134 e. The van der Waals surface area contributed by atoms with E-state index < -0.39 is 0 Å². The van der Waals surface area contributed by atoms with Crippen LogP contribution in [0.15, 0.2) is 73.1 Å². The summed E-state index contributed by atoms with van der Waals surface area (Å²) in [7, 11) is 1.65. The molecule has 0 amide bonds. The molecule has 0 fully saturated rings. The lowest BCUT2D eigenvalue weighted by Gasteiger charge is -2.11. The predicted molar refractivity (Wildman–Crippen MR) is 132 cm³/mol. The van der Waals surface area contributed by atoms with Crippen LogP contribution in [0, 0.1) is 12.7 Å². The Labute approximate surface area is 201 Å². The number of ether oxygens (including phenoxy) is 1. The molecule has 0 aliphatic carbocycles. The average Bonchev–Trinajstić information content (AvgIpc) is 3.24. The van der Waals surface area contributed by atoms with Crippen molar-refractivity contribution in [2.75, 3.05) is 12.4 Å². The molecule has 0 saturated heterocycles. The molecular weight excluding hydrogens is 453 g/mol. The van der Waals surface area contributed by atoms with Gasteiger partial charge in [0.15, 0.2) is 0 Å². The highest BCUT2D eigenvalue weighted by Gasteiger charge is 2.12. The van der Waals surface area contributed by atoms with E-state index in [1.807, 2.05) is 54.2 Å². The van der Waals surface area contributed by atoms with Gasteiger partial charge in [0.25, 0.3) is 0 Å². The summed E-state index contributed by atoms with van der Waals surface area (Å²) in [6, 6.07) is 17.9. The van der Waals surface area contributed by atoms with E-state index in [1.54, 1.807) is 25.4 Å². The first-order chi connectivity index (χ1) is 16.5. The predicted octanol–water partition coefficient (Wildman–Crippen LogP) is 6.39. The van der Waals surface area contributed by atoms with Crippen molar-refractivity contribution in [1.29, 1.82) is 0 Å². The van der Waals surface area contributed by atoms with E-state index in [1.165, 1.54) is 12.1 Å². The molecule has 3 heterocycles. The third-order valence-electron chi connectivity index (χ3n) is 5.39. The summed E-state index contributed by atoms with van der Waals surface area (Å²) in [5.74, 6) is 0.434. The molecule has 170 valence electrons. The molecule has 34 heavy (non-hydrogen) atoms. The third kappa shape index (κ3) is 4.56. The van der Waals surface area contributed by atoms with Crippen LogP contribution in [0.25, 0.3) is 22.3 Å². The first kappa shape index (κ1) is 21.9. The molecule has 0 unspecified atom stereocenters. The fraction of sp³-hybridized carbons (Fsp3) is 0.115. The summed E-state index contributed by atoms with van der Waals surface area (Å²) in [6.07, 6.45) is 3.64. The molecule has 1 N–H and O–H groups in total. The molecule has 0 bridgehead atoms. The number of rotatable bonds is 6. The Morgan fingerprint density at radius 2 is 1.88 bits per heavy atom. The quantitative estimate of drug-likeness (QED) is 0.309. The maximum Gasteiger partial charge on any atom is 0.134 e. The topological polar surface area (TPSA) is 64.9 Å². The van der Waals surface area contributed by atoms with Crippen molar-refractivity contribution >= 4 is 34.0 Å². The van der Waals surface area contributed by atoms with Gasteiger partial charge in [-0.05, 0) is 61.0 Å². The molecule has 0 saturated carbocycles. The first-order valence-electron chi connectivity index (χ1n) is 10.6. The van der Waals surface area contributed by atoms with Crippen molar-refractivity contribution in [2.24, 2.45) is 0 Å². The number of benzene rings is 2. The Bertz CT molecular complexity index is 1480. The van der Waals surface area contributed by atoms with Crippen LogP contribution in [0.4, 0.5) is 15.8 Å². The van der Waals surface area contributed by atoms with Crippen LogP contribution in [-0.2, 0) is 6.54 Å². The maximum absolute atomic E-state index is 14.4. The van der Waals surface area contributed by atoms with E-state index in [4.69, 9.17) is 21.4 Å². The second kappa shape index (κ2) is 9.11. The number of nitrogens with one attached hydrogen (secondary N) is 1. The van der Waals surface area contributed by atoms with Crippen LogP contribution in [0.1, 0.15) is 11.3 Å². The molecule has 0 radical (unpaired) electrons. The largest absolute Gasteiger partial charge is 0.497 e. The van der Waals surface area contributed by atoms with Crippen LogP contribution in [0.3, 0.4) is 0 Å². The normalized spacial score (nSPS) is 11.1. The highest BCUT2D eigenvalue weighted by molar-refractivity contribution is 6.30. The van der Waals surface area contributed by atoms with Gasteiger partial charge < -0.3 is 10.1 Å². The standard InChI is InChI=1S/C26H21ClFN5O/c1-16-11-19(13-24(30-16)21-12-18(27)5-8-22(21)28)31-23-9-10-29-25-15-33(32-26(23)25)14-17-3-6-20(34-2)7-4-17/h3-13,15H,14H2,1-2H3,(H,30,31). The van der Waals surface area contributed by atoms with Crippen molar-refractivity contribution in [3.63, 3.8) is 0 Å². The molecule has 0 atom stereocenters. The van der Waals surface area contributed by atoms with Crippen molar-refractivity contribution in [1.82, 2.24) is 19.7 Å². The van der Waals surface area contributed by atoms with Gasteiger partial charge in [-0.2, -0.15) is 5.10 Å². The zero-order valence-electron chi connectivity index (χ0n) is 18.6. The molecule has 2 aromatic carbocycles. The van der Waals surface area contributed by atoms with E-state index in [9.17, 15) is 4.39 Å². The lowest BCUT2D eigenvalue weighted by molar-refractivity contribution is 0.414. The molecule has 0 aliphatic rings. The fourth-order valence-corrected chi connectivity index (χ4v) is 3.97. The van der Waals surface area contributed by atoms with Gasteiger partial charge in [0.05, 0.1) is 31.2 Å². The minimum atomic E-state index is -0.378. The Kier molecular flexibility index (Phi) is 5.86. The fourth-order valence-electron chi connectivity index (χ4n) is 3.80. The van der Waals surface area contributed by atoms with Crippen molar-refractivity contribution in [2.45, 2.75) is 13.5 Å². The van der Waals surface area contributed by atoms with Gasteiger partial charge in [0, 0.05) is 28.2 Å². The van der Waals surface area contributed by atoms with Crippen LogP contribution in [-0.4, -0.2) is 26.9 Å². The Morgan fingerprint density at radius 3 is 2.68 bits per heavy atom. The van der Waals surface area contributed by atoms with Gasteiger partial charge in [-0.25, -0.2) is 4.39 Å². The number of fused-ring (bicyclic) bond motifs is 1. The lowest BCUT2D eigenvalue weighted by Crippen LogP contribution is -2.00. The summed E-state index contributed by atoms with van der Waals surface area (Å²) in [5, 5.41) is 8.59. The molecule has 0 aliphatic heterocycles. The number of aromatic nitrogens is 4. The molecular formula is C26H21ClFN5O. The summed E-state index contributed by atoms with van der Waals surface area (Å²) < 4.78 is 21.5. The number of aryl methyl sites for hydroxylation is 1. The maximum atomic E-state index is 14.4. The molecule has 8 heteroatoms. The van der Waals surface area contributed by atoms with Gasteiger partial charge in [0.2, 0.25) is 0 Å². The third-order valence-corrected chi connectivity index (χ3v) is 5.63. The molecule has 6 nitrogen and oxygen atoms in total. The highest BCUT2D eigenvalue weighted by atomic mass is 35.5. The number of nitrogens with zero attached hydrogens (tertiary/aromatic N) is 4. The number of hydrogen-bond donors (Lipinski definition) is 1. The van der Waals surface area contributed by atoms with E-state index in [0.717, 1.165) is 39.4 Å². The van der Waals surface area contributed by atoms with E-state index in [-0.39, 0.29) is 5.82 Å². The van der Waals surface area contributed by atoms with Crippen molar-refractivity contribution in [3.8, 4) is 17.0 Å².